The highest BCUT2D eigenvalue weighted by Gasteiger charge is 2.54. The van der Waals surface area contributed by atoms with Crippen molar-refractivity contribution >= 4 is 0 Å². The third-order valence-electron chi connectivity index (χ3n) is 5.97. The number of nitrogens with one attached hydrogen (secondary N) is 1. The third kappa shape index (κ3) is 2.44. The normalized spacial score (nSPS) is 38.1. The van der Waals surface area contributed by atoms with Crippen LogP contribution in [-0.2, 0) is 12.0 Å². The van der Waals surface area contributed by atoms with E-state index in [0.29, 0.717) is 5.41 Å². The molecule has 1 N–H and O–H groups in total. The minimum atomic E-state index is 0.135. The molecule has 21 heavy (non-hydrogen) atoms. The Morgan fingerprint density at radius 3 is 2.24 bits per heavy atom. The fourth-order valence-corrected chi connectivity index (χ4v) is 5.57. The second-order valence-electron chi connectivity index (χ2n) is 8.98. The van der Waals surface area contributed by atoms with Crippen molar-refractivity contribution in [2.75, 3.05) is 0 Å². The van der Waals surface area contributed by atoms with Gasteiger partial charge < -0.3 is 9.84 Å². The Labute approximate surface area is 127 Å². The Morgan fingerprint density at radius 1 is 1.14 bits per heavy atom. The van der Waals surface area contributed by atoms with Crippen molar-refractivity contribution in [1.29, 1.82) is 0 Å². The summed E-state index contributed by atoms with van der Waals surface area (Å²) in [6.45, 7) is 7.52. The van der Waals surface area contributed by atoms with Gasteiger partial charge in [0.25, 0.3) is 0 Å². The van der Waals surface area contributed by atoms with Crippen LogP contribution in [-0.4, -0.2) is 10.7 Å². The van der Waals surface area contributed by atoms with Crippen molar-refractivity contribution in [3.05, 3.63) is 17.5 Å². The summed E-state index contributed by atoms with van der Waals surface area (Å²) in [5.74, 6) is 4.07. The van der Waals surface area contributed by atoms with Crippen LogP contribution in [0.1, 0.15) is 70.6 Å². The van der Waals surface area contributed by atoms with E-state index in [0.717, 1.165) is 24.3 Å². The first-order chi connectivity index (χ1) is 9.94. The van der Waals surface area contributed by atoms with Gasteiger partial charge in [-0.05, 0) is 77.0 Å². The van der Waals surface area contributed by atoms with Crippen LogP contribution >= 0.6 is 0 Å². The monoisotopic (exact) mass is 288 g/mol. The minimum Gasteiger partial charge on any atom is -0.360 e. The Hall–Kier alpha value is -0.830. The second-order valence-corrected chi connectivity index (χ2v) is 8.98. The number of rotatable bonds is 3. The molecule has 4 bridgehead atoms. The smallest absolute Gasteiger partial charge is 0.147 e. The molecule has 0 aliphatic heterocycles. The quantitative estimate of drug-likeness (QED) is 0.912. The summed E-state index contributed by atoms with van der Waals surface area (Å²) >= 11 is 0. The maximum atomic E-state index is 5.82. The Balaban J connectivity index is 1.60. The van der Waals surface area contributed by atoms with Crippen molar-refractivity contribution in [2.24, 2.45) is 17.8 Å². The molecular weight excluding hydrogens is 260 g/mol. The van der Waals surface area contributed by atoms with Gasteiger partial charge in [0.1, 0.15) is 5.76 Å². The largest absolute Gasteiger partial charge is 0.360 e. The lowest BCUT2D eigenvalue weighted by Crippen LogP contribution is -2.49. The zero-order valence-electron chi connectivity index (χ0n) is 13.6. The Bertz CT molecular complexity index is 490. The maximum Gasteiger partial charge on any atom is 0.147 e. The number of hydrogen-bond donors (Lipinski definition) is 1. The van der Waals surface area contributed by atoms with E-state index in [9.17, 15) is 0 Å². The molecule has 116 valence electrons. The summed E-state index contributed by atoms with van der Waals surface area (Å²) in [6, 6.07) is 0. The van der Waals surface area contributed by atoms with Gasteiger partial charge in [0, 0.05) is 23.1 Å². The molecule has 0 spiro atoms. The predicted molar refractivity (Wildman–Crippen MR) is 82.9 cm³/mol. The fourth-order valence-electron chi connectivity index (χ4n) is 5.57. The van der Waals surface area contributed by atoms with Gasteiger partial charge in [0.05, 0.1) is 6.20 Å². The van der Waals surface area contributed by atoms with Crippen LogP contribution in [0.5, 0.6) is 0 Å². The molecule has 4 aliphatic carbocycles. The summed E-state index contributed by atoms with van der Waals surface area (Å²) in [4.78, 5) is 0. The van der Waals surface area contributed by atoms with Crippen LogP contribution in [0.3, 0.4) is 0 Å². The van der Waals surface area contributed by atoms with Crippen molar-refractivity contribution in [3.63, 3.8) is 0 Å². The van der Waals surface area contributed by atoms with Crippen molar-refractivity contribution < 1.29 is 4.52 Å². The molecule has 3 nitrogen and oxygen atoms in total. The molecule has 4 aliphatic rings. The molecule has 4 saturated carbocycles. The maximum absolute atomic E-state index is 5.82. The van der Waals surface area contributed by atoms with Gasteiger partial charge in [-0.2, -0.15) is 0 Å². The van der Waals surface area contributed by atoms with Crippen molar-refractivity contribution in [2.45, 2.75) is 76.8 Å². The molecule has 0 unspecified atom stereocenters. The van der Waals surface area contributed by atoms with Gasteiger partial charge in [0.2, 0.25) is 0 Å². The van der Waals surface area contributed by atoms with Crippen molar-refractivity contribution in [3.8, 4) is 0 Å². The topological polar surface area (TPSA) is 38.1 Å². The van der Waals surface area contributed by atoms with Gasteiger partial charge in [0.15, 0.2) is 0 Å². The van der Waals surface area contributed by atoms with Crippen LogP contribution in [0.25, 0.3) is 0 Å². The van der Waals surface area contributed by atoms with E-state index in [1.807, 2.05) is 6.20 Å². The predicted octanol–water partition coefficient (Wildman–Crippen LogP) is 4.03. The summed E-state index contributed by atoms with van der Waals surface area (Å²) < 4.78 is 5.82. The van der Waals surface area contributed by atoms with Crippen LogP contribution in [0.15, 0.2) is 10.7 Å². The van der Waals surface area contributed by atoms with Crippen LogP contribution in [0.4, 0.5) is 0 Å². The van der Waals surface area contributed by atoms with E-state index < -0.39 is 0 Å². The number of aromatic nitrogens is 1. The first kappa shape index (κ1) is 13.8. The third-order valence-corrected chi connectivity index (χ3v) is 5.97. The van der Waals surface area contributed by atoms with Crippen molar-refractivity contribution in [1.82, 2.24) is 10.5 Å². The molecule has 0 amide bonds. The molecule has 3 heteroatoms. The molecule has 4 fully saturated rings. The zero-order chi connectivity index (χ0) is 14.7. The summed E-state index contributed by atoms with van der Waals surface area (Å²) in [6.07, 6.45) is 10.4. The highest BCUT2D eigenvalue weighted by molar-refractivity contribution is 5.27. The first-order valence-corrected chi connectivity index (χ1v) is 8.63. The number of hydrogen-bond acceptors (Lipinski definition) is 3. The van der Waals surface area contributed by atoms with Gasteiger partial charge in [-0.25, -0.2) is 0 Å². The molecule has 0 atom stereocenters. The van der Waals surface area contributed by atoms with E-state index in [2.05, 4.69) is 31.2 Å². The molecule has 0 radical (unpaired) electrons. The lowest BCUT2D eigenvalue weighted by atomic mass is 9.49. The lowest BCUT2D eigenvalue weighted by Gasteiger charge is -2.55. The highest BCUT2D eigenvalue weighted by atomic mass is 16.5. The SMILES string of the molecule is CC(C)(C)NCc1cnoc1C12CC3CC(CC(C3)C1)C2. The zero-order valence-corrected chi connectivity index (χ0v) is 13.6. The highest BCUT2D eigenvalue weighted by Crippen LogP contribution is 2.61. The van der Waals surface area contributed by atoms with E-state index >= 15 is 0 Å². The summed E-state index contributed by atoms with van der Waals surface area (Å²) in [5, 5.41) is 7.76. The minimum absolute atomic E-state index is 0.135. The standard InChI is InChI=1S/C18H28N2O/c1-17(2,3)19-10-15-11-20-21-16(15)18-7-12-4-13(8-18)6-14(5-12)9-18/h11-14,19H,4-10H2,1-3H3. The Morgan fingerprint density at radius 2 is 1.71 bits per heavy atom. The van der Waals surface area contributed by atoms with E-state index in [4.69, 9.17) is 4.52 Å². The summed E-state index contributed by atoms with van der Waals surface area (Å²) in [5.41, 5.74) is 1.75. The molecule has 1 aromatic heterocycles. The fraction of sp³-hybridized carbons (Fsp3) is 0.833. The van der Waals surface area contributed by atoms with Crippen LogP contribution in [0.2, 0.25) is 0 Å². The average molecular weight is 288 g/mol. The van der Waals surface area contributed by atoms with E-state index in [1.165, 1.54) is 49.8 Å². The molecule has 1 aromatic rings. The molecule has 5 rings (SSSR count). The van der Waals surface area contributed by atoms with E-state index in [1.54, 1.807) is 0 Å². The first-order valence-electron chi connectivity index (χ1n) is 8.63. The Kier molecular flexibility index (Phi) is 3.01. The second kappa shape index (κ2) is 4.58. The molecule has 1 heterocycles. The molecule has 0 aromatic carbocycles. The van der Waals surface area contributed by atoms with Gasteiger partial charge in [-0.1, -0.05) is 5.16 Å². The molecular formula is C18H28N2O. The molecule has 0 saturated heterocycles. The lowest BCUT2D eigenvalue weighted by molar-refractivity contribution is -0.0181. The van der Waals surface area contributed by atoms with Gasteiger partial charge in [-0.15, -0.1) is 0 Å². The van der Waals surface area contributed by atoms with Gasteiger partial charge in [-0.3, -0.25) is 0 Å². The van der Waals surface area contributed by atoms with Crippen LogP contribution < -0.4 is 5.32 Å². The van der Waals surface area contributed by atoms with Gasteiger partial charge >= 0.3 is 0 Å². The summed E-state index contributed by atoms with van der Waals surface area (Å²) in [7, 11) is 0. The van der Waals surface area contributed by atoms with E-state index in [-0.39, 0.29) is 5.54 Å². The number of nitrogens with zero attached hydrogens (tertiary/aromatic N) is 1. The van der Waals surface area contributed by atoms with Crippen LogP contribution in [0, 0.1) is 17.8 Å². The average Bonchev–Trinajstić information content (AvgIpc) is 2.82.